The van der Waals surface area contributed by atoms with Gasteiger partial charge >= 0.3 is 0 Å². The second-order valence-electron chi connectivity index (χ2n) is 5.60. The van der Waals surface area contributed by atoms with Crippen molar-refractivity contribution in [3.63, 3.8) is 0 Å². The Morgan fingerprint density at radius 3 is 2.26 bits per heavy atom. The molecule has 19 heavy (non-hydrogen) atoms. The van der Waals surface area contributed by atoms with Crippen LogP contribution in [0.15, 0.2) is 29.2 Å². The lowest BCUT2D eigenvalue weighted by Crippen LogP contribution is -2.29. The van der Waals surface area contributed by atoms with Gasteiger partial charge in [0.1, 0.15) is 0 Å². The molecule has 0 saturated carbocycles. The smallest absolute Gasteiger partial charge is 0.0815 e. The molecule has 0 aromatic heterocycles. The lowest BCUT2D eigenvalue weighted by atomic mass is 9.87. The van der Waals surface area contributed by atoms with Crippen LogP contribution in [0.5, 0.6) is 0 Å². The molecule has 0 spiro atoms. The summed E-state index contributed by atoms with van der Waals surface area (Å²) in [6, 6.07) is 7.98. The van der Waals surface area contributed by atoms with Crippen molar-refractivity contribution in [2.75, 3.05) is 18.9 Å². The van der Waals surface area contributed by atoms with Crippen molar-refractivity contribution in [2.45, 2.75) is 44.1 Å². The van der Waals surface area contributed by atoms with Gasteiger partial charge in [-0.3, -0.25) is 4.21 Å². The zero-order chi connectivity index (χ0) is 14.5. The third-order valence-corrected chi connectivity index (χ3v) is 4.46. The van der Waals surface area contributed by atoms with E-state index in [0.717, 1.165) is 4.90 Å². The summed E-state index contributed by atoms with van der Waals surface area (Å²) < 4.78 is 17.7. The Labute approximate surface area is 119 Å². The van der Waals surface area contributed by atoms with Gasteiger partial charge in [0, 0.05) is 18.0 Å². The van der Waals surface area contributed by atoms with Gasteiger partial charge < -0.3 is 10.5 Å². The number of hydrogen-bond acceptors (Lipinski definition) is 3. The van der Waals surface area contributed by atoms with Crippen LogP contribution in [0.1, 0.15) is 33.3 Å². The predicted octanol–water partition coefficient (Wildman–Crippen LogP) is 2.46. The zero-order valence-electron chi connectivity index (χ0n) is 12.3. The van der Waals surface area contributed by atoms with Gasteiger partial charge in [-0.05, 0) is 30.0 Å². The Morgan fingerprint density at radius 2 is 1.84 bits per heavy atom. The molecule has 3 nitrogen and oxygen atoms in total. The maximum atomic E-state index is 12.2. The van der Waals surface area contributed by atoms with Crippen LogP contribution in [0.4, 0.5) is 0 Å². The minimum Gasteiger partial charge on any atom is -0.376 e. The van der Waals surface area contributed by atoms with Gasteiger partial charge in [-0.15, -0.1) is 0 Å². The fraction of sp³-hybridized carbons (Fsp3) is 0.600. The minimum atomic E-state index is -1.05. The van der Waals surface area contributed by atoms with Gasteiger partial charge in [-0.25, -0.2) is 0 Å². The normalized spacial score (nSPS) is 15.2. The SMILES string of the molecule is CCOC(CN)CS(=O)c1ccc(C(C)(C)C)cc1. The first-order chi connectivity index (χ1) is 8.88. The molecule has 0 bridgehead atoms. The highest BCUT2D eigenvalue weighted by Crippen LogP contribution is 2.23. The van der Waals surface area contributed by atoms with E-state index in [0.29, 0.717) is 18.9 Å². The molecule has 1 aromatic carbocycles. The fourth-order valence-electron chi connectivity index (χ4n) is 1.79. The minimum absolute atomic E-state index is 0.116. The van der Waals surface area contributed by atoms with Crippen LogP contribution in [-0.4, -0.2) is 29.2 Å². The van der Waals surface area contributed by atoms with Crippen molar-refractivity contribution in [3.8, 4) is 0 Å². The summed E-state index contributed by atoms with van der Waals surface area (Å²) in [5, 5.41) is 0. The van der Waals surface area contributed by atoms with Gasteiger partial charge in [0.15, 0.2) is 0 Å². The molecule has 0 aliphatic heterocycles. The van der Waals surface area contributed by atoms with E-state index in [1.54, 1.807) is 0 Å². The summed E-state index contributed by atoms with van der Waals surface area (Å²) in [4.78, 5) is 0.839. The van der Waals surface area contributed by atoms with E-state index in [9.17, 15) is 4.21 Å². The highest BCUT2D eigenvalue weighted by Gasteiger charge is 2.16. The number of rotatable bonds is 6. The molecule has 4 heteroatoms. The summed E-state index contributed by atoms with van der Waals surface area (Å²) in [6.07, 6.45) is -0.131. The van der Waals surface area contributed by atoms with Gasteiger partial charge in [0.2, 0.25) is 0 Å². The Hall–Kier alpha value is -0.710. The summed E-state index contributed by atoms with van der Waals surface area (Å²) >= 11 is 0. The van der Waals surface area contributed by atoms with Crippen LogP contribution in [0, 0.1) is 0 Å². The monoisotopic (exact) mass is 283 g/mol. The van der Waals surface area contributed by atoms with Crippen molar-refractivity contribution >= 4 is 10.8 Å². The quantitative estimate of drug-likeness (QED) is 0.872. The van der Waals surface area contributed by atoms with Crippen LogP contribution in [0.3, 0.4) is 0 Å². The van der Waals surface area contributed by atoms with E-state index in [1.165, 1.54) is 5.56 Å². The number of hydrogen-bond donors (Lipinski definition) is 1. The van der Waals surface area contributed by atoms with Gasteiger partial charge in [-0.1, -0.05) is 32.9 Å². The van der Waals surface area contributed by atoms with Crippen LogP contribution >= 0.6 is 0 Å². The molecule has 0 fully saturated rings. The standard InChI is InChI=1S/C15H25NO2S/c1-5-18-13(10-16)11-19(17)14-8-6-12(7-9-14)15(2,3)4/h6-9,13H,5,10-11,16H2,1-4H3. The molecule has 0 amide bonds. The molecule has 108 valence electrons. The Bertz CT molecular complexity index is 409. The molecule has 0 aliphatic carbocycles. The third-order valence-electron chi connectivity index (χ3n) is 2.99. The molecule has 1 aromatic rings. The Morgan fingerprint density at radius 1 is 1.26 bits per heavy atom. The van der Waals surface area contributed by atoms with E-state index in [-0.39, 0.29) is 11.5 Å². The average molecular weight is 283 g/mol. The number of ether oxygens (including phenoxy) is 1. The summed E-state index contributed by atoms with van der Waals surface area (Å²) in [7, 11) is -1.05. The van der Waals surface area contributed by atoms with Crippen molar-refractivity contribution in [1.29, 1.82) is 0 Å². The van der Waals surface area contributed by atoms with E-state index in [1.807, 2.05) is 31.2 Å². The van der Waals surface area contributed by atoms with Gasteiger partial charge in [-0.2, -0.15) is 0 Å². The van der Waals surface area contributed by atoms with E-state index in [4.69, 9.17) is 10.5 Å². The molecule has 0 heterocycles. The van der Waals surface area contributed by atoms with Crippen LogP contribution in [-0.2, 0) is 21.0 Å². The molecule has 0 aliphatic rings. The number of nitrogens with two attached hydrogens (primary N) is 1. The third kappa shape index (κ3) is 5.05. The van der Waals surface area contributed by atoms with E-state index >= 15 is 0 Å². The van der Waals surface area contributed by atoms with Gasteiger partial charge in [0.05, 0.1) is 22.7 Å². The second kappa shape index (κ2) is 7.17. The topological polar surface area (TPSA) is 52.3 Å². The van der Waals surface area contributed by atoms with Crippen LogP contribution in [0.25, 0.3) is 0 Å². The first-order valence-electron chi connectivity index (χ1n) is 6.69. The molecule has 1 rings (SSSR count). The highest BCUT2D eigenvalue weighted by atomic mass is 32.2. The second-order valence-corrected chi connectivity index (χ2v) is 7.10. The average Bonchev–Trinajstić information content (AvgIpc) is 2.37. The Kier molecular flexibility index (Phi) is 6.17. The molecule has 0 saturated heterocycles. The van der Waals surface area contributed by atoms with E-state index < -0.39 is 10.8 Å². The van der Waals surface area contributed by atoms with Crippen molar-refractivity contribution < 1.29 is 8.95 Å². The summed E-state index contributed by atoms with van der Waals surface area (Å²) in [5.74, 6) is 0.458. The van der Waals surface area contributed by atoms with Crippen LogP contribution in [0.2, 0.25) is 0 Å². The summed E-state index contributed by atoms with van der Waals surface area (Å²) in [5.41, 5.74) is 6.97. The lowest BCUT2D eigenvalue weighted by Gasteiger charge is -2.19. The fourth-order valence-corrected chi connectivity index (χ4v) is 2.99. The summed E-state index contributed by atoms with van der Waals surface area (Å²) in [6.45, 7) is 9.42. The largest absolute Gasteiger partial charge is 0.376 e. The van der Waals surface area contributed by atoms with Crippen LogP contribution < -0.4 is 5.73 Å². The predicted molar refractivity (Wildman–Crippen MR) is 80.9 cm³/mol. The van der Waals surface area contributed by atoms with Crippen molar-refractivity contribution in [3.05, 3.63) is 29.8 Å². The molecular formula is C15H25NO2S. The Balaban J connectivity index is 2.73. The first kappa shape index (κ1) is 16.3. The zero-order valence-corrected chi connectivity index (χ0v) is 13.1. The highest BCUT2D eigenvalue weighted by molar-refractivity contribution is 7.85. The molecule has 0 radical (unpaired) electrons. The molecule has 2 N–H and O–H groups in total. The molecule has 2 atom stereocenters. The van der Waals surface area contributed by atoms with Gasteiger partial charge in [0.25, 0.3) is 0 Å². The first-order valence-corrected chi connectivity index (χ1v) is 8.01. The molecular weight excluding hydrogens is 258 g/mol. The molecule has 2 unspecified atom stereocenters. The number of benzene rings is 1. The lowest BCUT2D eigenvalue weighted by molar-refractivity contribution is 0.0852. The van der Waals surface area contributed by atoms with Crippen molar-refractivity contribution in [2.24, 2.45) is 5.73 Å². The van der Waals surface area contributed by atoms with Crippen molar-refractivity contribution in [1.82, 2.24) is 0 Å². The maximum absolute atomic E-state index is 12.2. The maximum Gasteiger partial charge on any atom is 0.0815 e. The van der Waals surface area contributed by atoms with E-state index in [2.05, 4.69) is 20.8 Å².